The largest absolute Gasteiger partial charge is 0.346 e. The third-order valence-electron chi connectivity index (χ3n) is 6.17. The van der Waals surface area contributed by atoms with Gasteiger partial charge in [0.15, 0.2) is 0 Å². The normalized spacial score (nSPS) is 27.1. The summed E-state index contributed by atoms with van der Waals surface area (Å²) >= 11 is 0. The molecule has 3 nitrogen and oxygen atoms in total. The third kappa shape index (κ3) is 3.45. The highest BCUT2D eigenvalue weighted by Crippen LogP contribution is 2.27. The highest BCUT2D eigenvalue weighted by atomic mass is 16.1. The smallest absolute Gasteiger partial charge is 0.251 e. The number of piperidine rings is 3. The summed E-state index contributed by atoms with van der Waals surface area (Å²) in [5.41, 5.74) is 3.04. The Kier molecular flexibility index (Phi) is 4.89. The zero-order valence-corrected chi connectivity index (χ0v) is 15.2. The molecule has 3 fully saturated rings. The molecule has 0 spiro atoms. The van der Waals surface area contributed by atoms with E-state index < -0.39 is 0 Å². The second-order valence-corrected chi connectivity index (χ2v) is 7.65. The Hall–Kier alpha value is -2.39. The van der Waals surface area contributed by atoms with E-state index in [2.05, 4.69) is 30.1 Å². The number of amides is 1. The number of nitrogens with one attached hydrogen (secondary N) is 2. The molecule has 2 aromatic rings. The van der Waals surface area contributed by atoms with Crippen molar-refractivity contribution in [3.05, 3.63) is 72.8 Å². The van der Waals surface area contributed by atoms with Crippen LogP contribution in [0.5, 0.6) is 0 Å². The van der Waals surface area contributed by atoms with Gasteiger partial charge < -0.3 is 10.2 Å². The van der Waals surface area contributed by atoms with Crippen LogP contribution in [0.3, 0.4) is 0 Å². The van der Waals surface area contributed by atoms with Gasteiger partial charge in [0, 0.05) is 24.3 Å². The van der Waals surface area contributed by atoms with Crippen molar-refractivity contribution in [2.24, 2.45) is 11.8 Å². The van der Waals surface area contributed by atoms with Crippen molar-refractivity contribution in [1.29, 1.82) is 0 Å². The Morgan fingerprint density at radius 3 is 2.50 bits per heavy atom. The first kappa shape index (κ1) is 17.0. The van der Waals surface area contributed by atoms with Gasteiger partial charge in [0.2, 0.25) is 0 Å². The predicted octanol–water partition coefficient (Wildman–Crippen LogP) is 2.56. The van der Waals surface area contributed by atoms with E-state index in [1.165, 1.54) is 31.5 Å². The third-order valence-corrected chi connectivity index (χ3v) is 6.17. The van der Waals surface area contributed by atoms with Crippen molar-refractivity contribution in [2.75, 3.05) is 19.6 Å². The SMILES string of the molecule is C=C[C@H]1C[NH+]2CC[C@H]1C[C@@H]2CNC(=O)c1ccc(-c2ccccc2)cc1. The van der Waals surface area contributed by atoms with Gasteiger partial charge in [-0.15, -0.1) is 6.58 Å². The molecular formula is C23H27N2O+. The van der Waals surface area contributed by atoms with E-state index in [9.17, 15) is 4.79 Å². The molecule has 1 amide bonds. The van der Waals surface area contributed by atoms with Crippen LogP contribution in [-0.4, -0.2) is 31.6 Å². The van der Waals surface area contributed by atoms with Gasteiger partial charge in [0.05, 0.1) is 19.6 Å². The van der Waals surface area contributed by atoms with E-state index in [4.69, 9.17) is 0 Å². The lowest BCUT2D eigenvalue weighted by atomic mass is 9.75. The average Bonchev–Trinajstić information content (AvgIpc) is 2.73. The van der Waals surface area contributed by atoms with E-state index in [1.54, 1.807) is 4.90 Å². The van der Waals surface area contributed by atoms with Gasteiger partial charge in [-0.25, -0.2) is 0 Å². The second-order valence-electron chi connectivity index (χ2n) is 7.65. The Labute approximate surface area is 155 Å². The number of hydrogen-bond acceptors (Lipinski definition) is 1. The summed E-state index contributed by atoms with van der Waals surface area (Å²) in [5, 5.41) is 3.16. The summed E-state index contributed by atoms with van der Waals surface area (Å²) in [6.07, 6.45) is 4.64. The number of benzene rings is 2. The second kappa shape index (κ2) is 7.46. The predicted molar refractivity (Wildman–Crippen MR) is 105 cm³/mol. The number of hydrogen-bond donors (Lipinski definition) is 2. The molecule has 134 valence electrons. The molecule has 0 radical (unpaired) electrons. The number of quaternary nitrogens is 1. The maximum absolute atomic E-state index is 12.5. The van der Waals surface area contributed by atoms with Crippen molar-refractivity contribution in [1.82, 2.24) is 5.32 Å². The van der Waals surface area contributed by atoms with Crippen LogP contribution in [0.2, 0.25) is 0 Å². The summed E-state index contributed by atoms with van der Waals surface area (Å²) in [7, 11) is 0. The maximum atomic E-state index is 12.5. The van der Waals surface area contributed by atoms with Crippen LogP contribution in [-0.2, 0) is 0 Å². The van der Waals surface area contributed by atoms with Crippen LogP contribution in [0.15, 0.2) is 67.3 Å². The molecule has 0 saturated carbocycles. The van der Waals surface area contributed by atoms with Gasteiger partial charge >= 0.3 is 0 Å². The Bertz CT molecular complexity index is 769. The molecule has 3 heteroatoms. The van der Waals surface area contributed by atoms with E-state index in [0.29, 0.717) is 12.0 Å². The standard InChI is InChI=1S/C23H26N2O/c1-2-17-16-25-13-12-21(17)14-22(25)15-24-23(26)20-10-8-19(9-11-20)18-6-4-3-5-7-18/h2-11,17,21-22H,1,12-16H2,(H,24,26)/p+1/t17-,21-,22+/m0/s1. The molecule has 3 aliphatic rings. The molecule has 26 heavy (non-hydrogen) atoms. The summed E-state index contributed by atoms with van der Waals surface area (Å²) < 4.78 is 0. The fourth-order valence-electron chi connectivity index (χ4n) is 4.62. The zero-order valence-electron chi connectivity index (χ0n) is 15.2. The monoisotopic (exact) mass is 347 g/mol. The lowest BCUT2D eigenvalue weighted by Gasteiger charge is -2.46. The summed E-state index contributed by atoms with van der Waals surface area (Å²) in [4.78, 5) is 14.2. The first-order valence-corrected chi connectivity index (χ1v) is 9.65. The lowest BCUT2D eigenvalue weighted by Crippen LogP contribution is -3.20. The van der Waals surface area contributed by atoms with Crippen LogP contribution in [0.4, 0.5) is 0 Å². The molecule has 3 heterocycles. The summed E-state index contributed by atoms with van der Waals surface area (Å²) in [5.74, 6) is 1.46. The van der Waals surface area contributed by atoms with Gasteiger partial charge in [-0.2, -0.15) is 0 Å². The number of carbonyl (C=O) groups is 1. The Morgan fingerprint density at radius 2 is 1.85 bits per heavy atom. The van der Waals surface area contributed by atoms with Crippen molar-refractivity contribution >= 4 is 5.91 Å². The van der Waals surface area contributed by atoms with Crippen LogP contribution < -0.4 is 10.2 Å². The van der Waals surface area contributed by atoms with Crippen LogP contribution in [0.1, 0.15) is 23.2 Å². The topological polar surface area (TPSA) is 33.5 Å². The maximum Gasteiger partial charge on any atom is 0.251 e. The molecule has 0 aliphatic carbocycles. The van der Waals surface area contributed by atoms with E-state index in [1.807, 2.05) is 42.5 Å². The van der Waals surface area contributed by atoms with Gasteiger partial charge in [-0.3, -0.25) is 4.79 Å². The molecular weight excluding hydrogens is 320 g/mol. The van der Waals surface area contributed by atoms with Crippen molar-refractivity contribution in [3.8, 4) is 11.1 Å². The van der Waals surface area contributed by atoms with Gasteiger partial charge in [0.1, 0.15) is 6.04 Å². The molecule has 1 unspecified atom stereocenters. The van der Waals surface area contributed by atoms with Gasteiger partial charge in [0.25, 0.3) is 5.91 Å². The highest BCUT2D eigenvalue weighted by Gasteiger charge is 2.42. The van der Waals surface area contributed by atoms with Gasteiger partial charge in [-0.1, -0.05) is 48.5 Å². The van der Waals surface area contributed by atoms with Crippen LogP contribution in [0, 0.1) is 11.8 Å². The molecule has 0 aromatic heterocycles. The fourth-order valence-corrected chi connectivity index (χ4v) is 4.62. The minimum atomic E-state index is 0.0342. The number of rotatable bonds is 5. The summed E-state index contributed by atoms with van der Waals surface area (Å²) in [6.45, 7) is 7.18. The molecule has 2 bridgehead atoms. The summed E-state index contributed by atoms with van der Waals surface area (Å²) in [6, 6.07) is 18.7. The molecule has 5 rings (SSSR count). The molecule has 4 atom stereocenters. The minimum absolute atomic E-state index is 0.0342. The Morgan fingerprint density at radius 1 is 1.12 bits per heavy atom. The Balaban J connectivity index is 1.35. The zero-order chi connectivity index (χ0) is 17.9. The van der Waals surface area contributed by atoms with Crippen LogP contribution in [0.25, 0.3) is 11.1 Å². The highest BCUT2D eigenvalue weighted by molar-refractivity contribution is 5.94. The van der Waals surface area contributed by atoms with E-state index in [-0.39, 0.29) is 5.91 Å². The minimum Gasteiger partial charge on any atom is -0.346 e. The van der Waals surface area contributed by atoms with Gasteiger partial charge in [-0.05, 0) is 29.2 Å². The van der Waals surface area contributed by atoms with E-state index in [0.717, 1.165) is 23.6 Å². The first-order valence-electron chi connectivity index (χ1n) is 9.65. The fraction of sp³-hybridized carbons (Fsp3) is 0.348. The lowest BCUT2D eigenvalue weighted by molar-refractivity contribution is -0.944. The molecule has 3 saturated heterocycles. The van der Waals surface area contributed by atoms with Crippen molar-refractivity contribution in [2.45, 2.75) is 18.9 Å². The number of carbonyl (C=O) groups excluding carboxylic acids is 1. The molecule has 2 N–H and O–H groups in total. The quantitative estimate of drug-likeness (QED) is 0.801. The molecule has 2 aromatic carbocycles. The first-order chi connectivity index (χ1) is 12.7. The van der Waals surface area contributed by atoms with Crippen molar-refractivity contribution < 1.29 is 9.69 Å². The van der Waals surface area contributed by atoms with E-state index >= 15 is 0 Å². The average molecular weight is 347 g/mol. The number of fused-ring (bicyclic) bond motifs is 3. The van der Waals surface area contributed by atoms with Crippen LogP contribution >= 0.6 is 0 Å². The van der Waals surface area contributed by atoms with Crippen molar-refractivity contribution in [3.63, 3.8) is 0 Å². The molecule has 3 aliphatic heterocycles.